The maximum absolute atomic E-state index is 11.0. The van der Waals surface area contributed by atoms with Crippen LogP contribution in [0.2, 0.25) is 0 Å². The second kappa shape index (κ2) is 3.86. The van der Waals surface area contributed by atoms with Gasteiger partial charge < -0.3 is 15.5 Å². The molecule has 0 fully saturated rings. The Labute approximate surface area is 75.0 Å². The number of aromatic nitrogens is 1. The molecule has 5 heteroatoms. The van der Waals surface area contributed by atoms with E-state index in [1.165, 1.54) is 25.4 Å². The maximum atomic E-state index is 11.0. The summed E-state index contributed by atoms with van der Waals surface area (Å²) in [5, 5.41) is 20.4. The van der Waals surface area contributed by atoms with Gasteiger partial charge in [0.15, 0.2) is 5.75 Å². The van der Waals surface area contributed by atoms with Crippen molar-refractivity contribution in [2.45, 2.75) is 13.0 Å². The van der Waals surface area contributed by atoms with Gasteiger partial charge in [0.2, 0.25) is 0 Å². The molecule has 13 heavy (non-hydrogen) atoms. The molecule has 1 heterocycles. The highest BCUT2D eigenvalue weighted by Gasteiger charge is 2.10. The molecule has 0 aliphatic carbocycles. The van der Waals surface area contributed by atoms with Gasteiger partial charge in [0, 0.05) is 6.20 Å². The first kappa shape index (κ1) is 9.47. The molecule has 5 nitrogen and oxygen atoms in total. The molecule has 0 aromatic carbocycles. The molecule has 70 valence electrons. The lowest BCUT2D eigenvalue weighted by molar-refractivity contribution is -0.123. The number of carbonyl (C=O) groups is 1. The van der Waals surface area contributed by atoms with Crippen LogP contribution in [0.25, 0.3) is 0 Å². The SMILES string of the molecule is CC(O)C(=O)Nc1ccncc1O. The number of hydrogen-bond acceptors (Lipinski definition) is 4. The topological polar surface area (TPSA) is 82.5 Å². The Hall–Kier alpha value is -1.62. The minimum atomic E-state index is -1.10. The van der Waals surface area contributed by atoms with Crippen LogP contribution in [0.15, 0.2) is 18.5 Å². The summed E-state index contributed by atoms with van der Waals surface area (Å²) in [6.45, 7) is 1.34. The van der Waals surface area contributed by atoms with Gasteiger partial charge in [-0.2, -0.15) is 0 Å². The van der Waals surface area contributed by atoms with E-state index < -0.39 is 12.0 Å². The highest BCUT2D eigenvalue weighted by atomic mass is 16.3. The lowest BCUT2D eigenvalue weighted by Crippen LogP contribution is -2.24. The molecule has 1 rings (SSSR count). The number of anilines is 1. The molecule has 1 amide bonds. The van der Waals surface area contributed by atoms with E-state index in [2.05, 4.69) is 10.3 Å². The number of hydrogen-bond donors (Lipinski definition) is 3. The number of carbonyl (C=O) groups excluding carboxylic acids is 1. The van der Waals surface area contributed by atoms with Gasteiger partial charge in [-0.25, -0.2) is 0 Å². The van der Waals surface area contributed by atoms with Crippen molar-refractivity contribution in [2.24, 2.45) is 0 Å². The summed E-state index contributed by atoms with van der Waals surface area (Å²) in [7, 11) is 0. The summed E-state index contributed by atoms with van der Waals surface area (Å²) < 4.78 is 0. The van der Waals surface area contributed by atoms with Crippen molar-refractivity contribution in [3.8, 4) is 5.75 Å². The van der Waals surface area contributed by atoms with Crippen molar-refractivity contribution < 1.29 is 15.0 Å². The van der Waals surface area contributed by atoms with E-state index in [0.29, 0.717) is 0 Å². The summed E-state index contributed by atoms with van der Waals surface area (Å²) in [5.74, 6) is -0.696. The molecule has 0 radical (unpaired) electrons. The molecule has 1 atom stereocenters. The summed E-state index contributed by atoms with van der Waals surface area (Å²) in [5.41, 5.74) is 0.237. The minimum Gasteiger partial charge on any atom is -0.504 e. The highest BCUT2D eigenvalue weighted by Crippen LogP contribution is 2.19. The Kier molecular flexibility index (Phi) is 2.81. The minimum absolute atomic E-state index is 0.128. The van der Waals surface area contributed by atoms with Crippen molar-refractivity contribution in [3.05, 3.63) is 18.5 Å². The third-order valence-electron chi connectivity index (χ3n) is 1.44. The normalized spacial score (nSPS) is 12.2. The zero-order valence-corrected chi connectivity index (χ0v) is 7.06. The van der Waals surface area contributed by atoms with Crippen LogP contribution < -0.4 is 5.32 Å². The zero-order valence-electron chi connectivity index (χ0n) is 7.06. The van der Waals surface area contributed by atoms with Gasteiger partial charge >= 0.3 is 0 Å². The van der Waals surface area contributed by atoms with E-state index >= 15 is 0 Å². The van der Waals surface area contributed by atoms with Crippen LogP contribution in [-0.4, -0.2) is 27.2 Å². The number of aromatic hydroxyl groups is 1. The Balaban J connectivity index is 2.75. The number of nitrogens with zero attached hydrogens (tertiary/aromatic N) is 1. The lowest BCUT2D eigenvalue weighted by atomic mass is 10.3. The quantitative estimate of drug-likeness (QED) is 0.606. The fourth-order valence-electron chi connectivity index (χ4n) is 0.729. The van der Waals surface area contributed by atoms with E-state index in [0.717, 1.165) is 0 Å². The third kappa shape index (κ3) is 2.41. The Bertz CT molecular complexity index is 312. The average molecular weight is 182 g/mol. The van der Waals surface area contributed by atoms with E-state index in [1.54, 1.807) is 0 Å². The fourth-order valence-corrected chi connectivity index (χ4v) is 0.729. The van der Waals surface area contributed by atoms with Crippen molar-refractivity contribution in [3.63, 3.8) is 0 Å². The van der Waals surface area contributed by atoms with E-state index in [1.807, 2.05) is 0 Å². The van der Waals surface area contributed by atoms with Crippen LogP contribution in [-0.2, 0) is 4.79 Å². The Morgan fingerprint density at radius 1 is 1.69 bits per heavy atom. The summed E-state index contributed by atoms with van der Waals surface area (Å²) in [6, 6.07) is 1.44. The van der Waals surface area contributed by atoms with Gasteiger partial charge in [-0.1, -0.05) is 0 Å². The predicted molar refractivity (Wildman–Crippen MR) is 46.2 cm³/mol. The van der Waals surface area contributed by atoms with Gasteiger partial charge in [0.05, 0.1) is 11.9 Å². The van der Waals surface area contributed by atoms with Crippen molar-refractivity contribution in [1.82, 2.24) is 4.98 Å². The van der Waals surface area contributed by atoms with E-state index in [9.17, 15) is 9.90 Å². The first-order chi connectivity index (χ1) is 6.11. The predicted octanol–water partition coefficient (Wildman–Crippen LogP) is 0.106. The molecular formula is C8H10N2O3. The van der Waals surface area contributed by atoms with Crippen molar-refractivity contribution in [1.29, 1.82) is 0 Å². The van der Waals surface area contributed by atoms with Crippen LogP contribution in [0, 0.1) is 0 Å². The van der Waals surface area contributed by atoms with Gasteiger partial charge in [0.1, 0.15) is 6.10 Å². The van der Waals surface area contributed by atoms with E-state index in [4.69, 9.17) is 5.11 Å². The molecule has 0 bridgehead atoms. The van der Waals surface area contributed by atoms with Crippen molar-refractivity contribution in [2.75, 3.05) is 5.32 Å². The molecular weight excluding hydrogens is 172 g/mol. The van der Waals surface area contributed by atoms with Gasteiger partial charge in [0.25, 0.3) is 5.91 Å². The second-order valence-corrected chi connectivity index (χ2v) is 2.56. The van der Waals surface area contributed by atoms with Gasteiger partial charge in [-0.05, 0) is 13.0 Å². The third-order valence-corrected chi connectivity index (χ3v) is 1.44. The second-order valence-electron chi connectivity index (χ2n) is 2.56. The Morgan fingerprint density at radius 2 is 2.38 bits per heavy atom. The van der Waals surface area contributed by atoms with Crippen LogP contribution >= 0.6 is 0 Å². The molecule has 0 spiro atoms. The number of aliphatic hydroxyl groups is 1. The summed E-state index contributed by atoms with van der Waals surface area (Å²) >= 11 is 0. The number of nitrogens with one attached hydrogen (secondary N) is 1. The zero-order chi connectivity index (χ0) is 9.84. The molecule has 1 aromatic heterocycles. The number of pyridine rings is 1. The largest absolute Gasteiger partial charge is 0.504 e. The first-order valence-electron chi connectivity index (χ1n) is 3.73. The van der Waals surface area contributed by atoms with E-state index in [-0.39, 0.29) is 11.4 Å². The smallest absolute Gasteiger partial charge is 0.253 e. The maximum Gasteiger partial charge on any atom is 0.253 e. The number of aliphatic hydroxyl groups excluding tert-OH is 1. The van der Waals surface area contributed by atoms with Crippen molar-refractivity contribution >= 4 is 11.6 Å². The first-order valence-corrected chi connectivity index (χ1v) is 3.73. The van der Waals surface area contributed by atoms with Crippen LogP contribution in [0.4, 0.5) is 5.69 Å². The number of amides is 1. The number of rotatable bonds is 2. The summed E-state index contributed by atoms with van der Waals surface area (Å²) in [4.78, 5) is 14.6. The molecule has 1 unspecified atom stereocenters. The average Bonchev–Trinajstić information content (AvgIpc) is 2.08. The molecule has 3 N–H and O–H groups in total. The lowest BCUT2D eigenvalue weighted by Gasteiger charge is -2.07. The van der Waals surface area contributed by atoms with Crippen LogP contribution in [0.5, 0.6) is 5.75 Å². The van der Waals surface area contributed by atoms with Crippen LogP contribution in [0.1, 0.15) is 6.92 Å². The fraction of sp³-hybridized carbons (Fsp3) is 0.250. The standard InChI is InChI=1S/C8H10N2O3/c1-5(11)8(13)10-6-2-3-9-4-7(6)12/h2-5,11-12H,1H3,(H,9,10,13). The van der Waals surface area contributed by atoms with Crippen LogP contribution in [0.3, 0.4) is 0 Å². The summed E-state index contributed by atoms with van der Waals surface area (Å²) in [6.07, 6.45) is 1.53. The molecule has 0 aliphatic rings. The molecule has 0 aliphatic heterocycles. The monoisotopic (exact) mass is 182 g/mol. The molecule has 0 saturated carbocycles. The van der Waals surface area contributed by atoms with Gasteiger partial charge in [-0.15, -0.1) is 0 Å². The molecule has 0 saturated heterocycles. The molecule has 1 aromatic rings. The highest BCUT2D eigenvalue weighted by molar-refractivity contribution is 5.94. The van der Waals surface area contributed by atoms with Gasteiger partial charge in [-0.3, -0.25) is 9.78 Å². The Morgan fingerprint density at radius 3 is 2.92 bits per heavy atom.